The summed E-state index contributed by atoms with van der Waals surface area (Å²) in [6.07, 6.45) is 3.82. The molecular formula is C24H32N6O4S. The van der Waals surface area contributed by atoms with Crippen LogP contribution in [0.5, 0.6) is 0 Å². The number of fused-ring (bicyclic) bond motifs is 1. The third kappa shape index (κ3) is 4.96. The van der Waals surface area contributed by atoms with Crippen LogP contribution in [-0.2, 0) is 30.0 Å². The number of allylic oxidation sites excluding steroid dienone is 2. The SMILES string of the molecule is CC(C)=CCn1c(N2CCCC(N)C2)nc2c1c(=O)n(CCS(=O)(=O)c1ccccc1)c(=O)n2C. The van der Waals surface area contributed by atoms with Crippen molar-refractivity contribution in [3.63, 3.8) is 0 Å². The zero-order chi connectivity index (χ0) is 25.3. The number of nitrogens with zero attached hydrogens (tertiary/aromatic N) is 5. The van der Waals surface area contributed by atoms with Crippen LogP contribution in [0.1, 0.15) is 26.7 Å². The smallest absolute Gasteiger partial charge is 0.332 e. The number of aromatic nitrogens is 4. The van der Waals surface area contributed by atoms with Crippen LogP contribution in [0, 0.1) is 0 Å². The Bertz CT molecular complexity index is 1480. The quantitative estimate of drug-likeness (QED) is 0.484. The van der Waals surface area contributed by atoms with E-state index in [4.69, 9.17) is 10.7 Å². The van der Waals surface area contributed by atoms with Crippen molar-refractivity contribution in [3.8, 4) is 0 Å². The van der Waals surface area contributed by atoms with Gasteiger partial charge in [-0.3, -0.25) is 13.9 Å². The van der Waals surface area contributed by atoms with E-state index < -0.39 is 21.1 Å². The highest BCUT2D eigenvalue weighted by Gasteiger charge is 2.26. The van der Waals surface area contributed by atoms with Gasteiger partial charge in [-0.25, -0.2) is 13.2 Å². The maximum atomic E-state index is 13.6. The average molecular weight is 501 g/mol. The third-order valence-electron chi connectivity index (χ3n) is 6.32. The number of anilines is 1. The Morgan fingerprint density at radius 1 is 1.17 bits per heavy atom. The number of nitrogens with two attached hydrogens (primary N) is 1. The molecule has 1 aromatic carbocycles. The van der Waals surface area contributed by atoms with Gasteiger partial charge in [0.2, 0.25) is 5.95 Å². The van der Waals surface area contributed by atoms with Crippen molar-refractivity contribution < 1.29 is 8.42 Å². The van der Waals surface area contributed by atoms with Gasteiger partial charge in [0.15, 0.2) is 21.0 Å². The monoisotopic (exact) mass is 500 g/mol. The lowest BCUT2D eigenvalue weighted by molar-refractivity contribution is 0.495. The summed E-state index contributed by atoms with van der Waals surface area (Å²) in [4.78, 5) is 33.6. The van der Waals surface area contributed by atoms with Gasteiger partial charge < -0.3 is 15.2 Å². The van der Waals surface area contributed by atoms with E-state index in [0.717, 1.165) is 29.5 Å². The molecule has 0 radical (unpaired) electrons. The first-order valence-electron chi connectivity index (χ1n) is 11.7. The fourth-order valence-corrected chi connectivity index (χ4v) is 5.62. The summed E-state index contributed by atoms with van der Waals surface area (Å²) in [6.45, 7) is 5.45. The second-order valence-electron chi connectivity index (χ2n) is 9.25. The molecule has 0 bridgehead atoms. The summed E-state index contributed by atoms with van der Waals surface area (Å²) in [7, 11) is -2.12. The molecule has 10 nitrogen and oxygen atoms in total. The Hall–Kier alpha value is -3.18. The van der Waals surface area contributed by atoms with Crippen molar-refractivity contribution in [1.29, 1.82) is 0 Å². The molecule has 1 saturated heterocycles. The highest BCUT2D eigenvalue weighted by Crippen LogP contribution is 2.23. The number of piperidine rings is 1. The Labute approximate surface area is 204 Å². The van der Waals surface area contributed by atoms with Crippen LogP contribution in [0.15, 0.2) is 56.5 Å². The first-order valence-corrected chi connectivity index (χ1v) is 13.4. The Morgan fingerprint density at radius 2 is 1.89 bits per heavy atom. The molecule has 3 aromatic rings. The predicted molar refractivity (Wildman–Crippen MR) is 137 cm³/mol. The van der Waals surface area contributed by atoms with Gasteiger partial charge >= 0.3 is 5.69 Å². The Balaban J connectivity index is 1.83. The van der Waals surface area contributed by atoms with Crippen molar-refractivity contribution in [2.24, 2.45) is 12.8 Å². The molecular weight excluding hydrogens is 468 g/mol. The minimum absolute atomic E-state index is 0.00383. The van der Waals surface area contributed by atoms with E-state index in [1.807, 2.05) is 24.5 Å². The lowest BCUT2D eigenvalue weighted by Gasteiger charge is -2.31. The first-order chi connectivity index (χ1) is 16.6. The zero-order valence-corrected chi connectivity index (χ0v) is 21.2. The van der Waals surface area contributed by atoms with Gasteiger partial charge in [-0.15, -0.1) is 0 Å². The highest BCUT2D eigenvalue weighted by atomic mass is 32.2. The van der Waals surface area contributed by atoms with Crippen molar-refractivity contribution in [2.45, 2.75) is 50.7 Å². The van der Waals surface area contributed by atoms with E-state index in [2.05, 4.69) is 4.90 Å². The lowest BCUT2D eigenvalue weighted by Crippen LogP contribution is -2.44. The van der Waals surface area contributed by atoms with Crippen molar-refractivity contribution in [3.05, 3.63) is 62.8 Å². The molecule has 0 spiro atoms. The fourth-order valence-electron chi connectivity index (χ4n) is 4.39. The minimum Gasteiger partial charge on any atom is -0.341 e. The zero-order valence-electron chi connectivity index (χ0n) is 20.3. The maximum Gasteiger partial charge on any atom is 0.332 e. The summed E-state index contributed by atoms with van der Waals surface area (Å²) in [6, 6.07) is 8.02. The molecule has 11 heteroatoms. The van der Waals surface area contributed by atoms with Crippen LogP contribution < -0.4 is 21.9 Å². The van der Waals surface area contributed by atoms with E-state index >= 15 is 0 Å². The maximum absolute atomic E-state index is 13.6. The summed E-state index contributed by atoms with van der Waals surface area (Å²) >= 11 is 0. The molecule has 1 unspecified atom stereocenters. The standard InChI is InChI=1S/C24H32N6O4S/c1-17(2)11-13-29-20-21(26-23(29)28-12-7-8-18(25)16-28)27(3)24(32)30(22(20)31)14-15-35(33,34)19-9-5-4-6-10-19/h4-6,9-11,18H,7-8,12-16,25H2,1-3H3. The van der Waals surface area contributed by atoms with Gasteiger partial charge in [0.1, 0.15) is 0 Å². The number of sulfone groups is 1. The van der Waals surface area contributed by atoms with Gasteiger partial charge in [0.05, 0.1) is 10.6 Å². The summed E-state index contributed by atoms with van der Waals surface area (Å²) < 4.78 is 29.7. The lowest BCUT2D eigenvalue weighted by atomic mass is 10.1. The highest BCUT2D eigenvalue weighted by molar-refractivity contribution is 7.91. The molecule has 2 N–H and O–H groups in total. The normalized spacial score (nSPS) is 16.6. The Kier molecular flexibility index (Phi) is 7.00. The van der Waals surface area contributed by atoms with Crippen molar-refractivity contribution >= 4 is 26.9 Å². The van der Waals surface area contributed by atoms with Gasteiger partial charge in [-0.05, 0) is 38.8 Å². The van der Waals surface area contributed by atoms with E-state index in [0.29, 0.717) is 19.0 Å². The number of hydrogen-bond donors (Lipinski definition) is 1. The molecule has 0 amide bonds. The summed E-state index contributed by atoms with van der Waals surface area (Å²) in [5, 5.41) is 0. The van der Waals surface area contributed by atoms with Crippen molar-refractivity contribution in [1.82, 2.24) is 18.7 Å². The van der Waals surface area contributed by atoms with E-state index in [1.165, 1.54) is 16.7 Å². The number of imidazole rings is 1. The second-order valence-corrected chi connectivity index (χ2v) is 11.4. The molecule has 3 heterocycles. The summed E-state index contributed by atoms with van der Waals surface area (Å²) in [5.74, 6) is 0.225. The number of aryl methyl sites for hydroxylation is 1. The van der Waals surface area contributed by atoms with Crippen molar-refractivity contribution in [2.75, 3.05) is 23.7 Å². The number of hydrogen-bond acceptors (Lipinski definition) is 7. The first kappa shape index (κ1) is 24.9. The van der Waals surface area contributed by atoms with Crippen LogP contribution in [0.25, 0.3) is 11.2 Å². The summed E-state index contributed by atoms with van der Waals surface area (Å²) in [5.41, 5.74) is 6.68. The molecule has 188 valence electrons. The molecule has 35 heavy (non-hydrogen) atoms. The Morgan fingerprint density at radius 3 is 2.54 bits per heavy atom. The van der Waals surface area contributed by atoms with Crippen LogP contribution >= 0.6 is 0 Å². The van der Waals surface area contributed by atoms with Crippen LogP contribution in [0.3, 0.4) is 0 Å². The predicted octanol–water partition coefficient (Wildman–Crippen LogP) is 1.26. The molecule has 1 atom stereocenters. The molecule has 1 aliphatic heterocycles. The number of rotatable bonds is 7. The van der Waals surface area contributed by atoms with Crippen LogP contribution in [-0.4, -0.2) is 52.0 Å². The van der Waals surface area contributed by atoms with Gasteiger partial charge in [0.25, 0.3) is 5.56 Å². The minimum atomic E-state index is -3.67. The van der Waals surface area contributed by atoms with Gasteiger partial charge in [-0.1, -0.05) is 29.8 Å². The molecule has 0 saturated carbocycles. The molecule has 1 aliphatic rings. The molecule has 2 aromatic heterocycles. The molecule has 0 aliphatic carbocycles. The van der Waals surface area contributed by atoms with Crippen LogP contribution in [0.4, 0.5) is 5.95 Å². The molecule has 1 fully saturated rings. The van der Waals surface area contributed by atoms with E-state index in [9.17, 15) is 18.0 Å². The van der Waals surface area contributed by atoms with Gasteiger partial charge in [-0.2, -0.15) is 4.98 Å². The third-order valence-corrected chi connectivity index (χ3v) is 8.03. The fraction of sp³-hybridized carbons (Fsp3) is 0.458. The number of benzene rings is 1. The van der Waals surface area contributed by atoms with Crippen LogP contribution in [0.2, 0.25) is 0 Å². The topological polar surface area (TPSA) is 125 Å². The second kappa shape index (κ2) is 9.82. The largest absolute Gasteiger partial charge is 0.341 e. The molecule has 4 rings (SSSR count). The van der Waals surface area contributed by atoms with E-state index in [1.54, 1.807) is 25.2 Å². The van der Waals surface area contributed by atoms with E-state index in [-0.39, 0.29) is 34.4 Å². The average Bonchev–Trinajstić information content (AvgIpc) is 3.22. The van der Waals surface area contributed by atoms with Gasteiger partial charge in [0, 0.05) is 39.3 Å².